The highest BCUT2D eigenvalue weighted by Crippen LogP contribution is 2.35. The van der Waals surface area contributed by atoms with E-state index in [4.69, 9.17) is 16.3 Å². The number of β-amino-alcohol motifs (C(OH)–C–C–N with tert-alkyl or cyclic N) is 1. The molecule has 3 rings (SSSR count). The highest BCUT2D eigenvalue weighted by atomic mass is 35.5. The zero-order valence-electron chi connectivity index (χ0n) is 13.3. The van der Waals surface area contributed by atoms with Gasteiger partial charge in [-0.3, -0.25) is 0 Å². The van der Waals surface area contributed by atoms with Crippen molar-refractivity contribution in [2.45, 2.75) is 31.9 Å². The summed E-state index contributed by atoms with van der Waals surface area (Å²) >= 11 is 6.18. The first-order valence-corrected chi connectivity index (χ1v) is 7.77. The van der Waals surface area contributed by atoms with Crippen molar-refractivity contribution >= 4 is 17.4 Å². The minimum Gasteiger partial charge on any atom is -0.467 e. The second kappa shape index (κ2) is 5.93. The van der Waals surface area contributed by atoms with Crippen LogP contribution in [0.4, 0.5) is 5.82 Å². The van der Waals surface area contributed by atoms with E-state index in [1.54, 1.807) is 10.9 Å². The molecule has 0 aromatic carbocycles. The van der Waals surface area contributed by atoms with Crippen molar-refractivity contribution < 1.29 is 9.84 Å². The van der Waals surface area contributed by atoms with Crippen LogP contribution < -0.4 is 9.64 Å². The topological polar surface area (TPSA) is 89.2 Å². The number of nitrogens with zero attached hydrogens (tertiary/aromatic N) is 6. The molecule has 0 amide bonds. The average molecular weight is 339 g/mol. The van der Waals surface area contributed by atoms with Gasteiger partial charge < -0.3 is 14.7 Å². The zero-order chi connectivity index (χ0) is 16.6. The Hall–Kier alpha value is -1.93. The SMILES string of the molecule is COc1ncc(Cl)c(N2CCC(O)(c3cn(C(C)C)nn3)C2)n1. The fraction of sp³-hybridized carbons (Fsp3) is 0.571. The second-order valence-electron chi connectivity index (χ2n) is 5.91. The molecule has 1 saturated heterocycles. The van der Waals surface area contributed by atoms with Gasteiger partial charge in [-0.25, -0.2) is 9.67 Å². The van der Waals surface area contributed by atoms with Gasteiger partial charge in [0.1, 0.15) is 16.3 Å². The minimum atomic E-state index is -1.07. The molecule has 1 atom stereocenters. The lowest BCUT2D eigenvalue weighted by molar-refractivity contribution is 0.0559. The molecule has 2 aromatic rings. The summed E-state index contributed by atoms with van der Waals surface area (Å²) in [6, 6.07) is 0.434. The normalized spacial score (nSPS) is 21.2. The van der Waals surface area contributed by atoms with Crippen molar-refractivity contribution in [2.75, 3.05) is 25.1 Å². The highest BCUT2D eigenvalue weighted by molar-refractivity contribution is 6.32. The van der Waals surface area contributed by atoms with Crippen LogP contribution in [0.15, 0.2) is 12.4 Å². The molecule has 23 heavy (non-hydrogen) atoms. The Morgan fingerprint density at radius 1 is 1.43 bits per heavy atom. The molecule has 1 aliphatic rings. The van der Waals surface area contributed by atoms with Gasteiger partial charge in [-0.1, -0.05) is 16.8 Å². The van der Waals surface area contributed by atoms with E-state index in [0.717, 1.165) is 0 Å². The fourth-order valence-corrected chi connectivity index (χ4v) is 2.80. The van der Waals surface area contributed by atoms with Crippen molar-refractivity contribution in [1.29, 1.82) is 0 Å². The van der Waals surface area contributed by atoms with E-state index in [1.807, 2.05) is 18.7 Å². The van der Waals surface area contributed by atoms with Crippen LogP contribution in [0.25, 0.3) is 0 Å². The smallest absolute Gasteiger partial charge is 0.318 e. The molecule has 3 heterocycles. The van der Waals surface area contributed by atoms with Crippen LogP contribution in [0, 0.1) is 0 Å². The van der Waals surface area contributed by atoms with Crippen molar-refractivity contribution in [1.82, 2.24) is 25.0 Å². The number of hydrogen-bond donors (Lipinski definition) is 1. The number of methoxy groups -OCH3 is 1. The van der Waals surface area contributed by atoms with Gasteiger partial charge >= 0.3 is 6.01 Å². The maximum Gasteiger partial charge on any atom is 0.318 e. The number of aliphatic hydroxyl groups is 1. The quantitative estimate of drug-likeness (QED) is 0.901. The Bertz CT molecular complexity index is 706. The van der Waals surface area contributed by atoms with Crippen LogP contribution >= 0.6 is 11.6 Å². The Kier molecular flexibility index (Phi) is 4.11. The van der Waals surface area contributed by atoms with Crippen molar-refractivity contribution in [3.8, 4) is 6.01 Å². The summed E-state index contributed by atoms with van der Waals surface area (Å²) in [5, 5.41) is 19.5. The first-order chi connectivity index (χ1) is 10.9. The standard InChI is InChI=1S/C14H19ClN6O2/c1-9(2)21-7-11(18-19-21)14(22)4-5-20(8-14)12-10(15)6-16-13(17-12)23-3/h6-7,9,22H,4-5,8H2,1-3H3. The summed E-state index contributed by atoms with van der Waals surface area (Å²) in [5.74, 6) is 0.547. The summed E-state index contributed by atoms with van der Waals surface area (Å²) < 4.78 is 6.77. The van der Waals surface area contributed by atoms with Crippen LogP contribution in [0.5, 0.6) is 6.01 Å². The van der Waals surface area contributed by atoms with Gasteiger partial charge in [0.2, 0.25) is 0 Å². The van der Waals surface area contributed by atoms with Gasteiger partial charge in [0, 0.05) is 19.0 Å². The third kappa shape index (κ3) is 2.96. The van der Waals surface area contributed by atoms with Crippen LogP contribution in [-0.4, -0.2) is 50.3 Å². The lowest BCUT2D eigenvalue weighted by Crippen LogP contribution is -2.31. The van der Waals surface area contributed by atoms with E-state index in [2.05, 4.69) is 20.3 Å². The maximum absolute atomic E-state index is 10.9. The summed E-state index contributed by atoms with van der Waals surface area (Å²) in [6.07, 6.45) is 3.80. The molecular formula is C14H19ClN6O2. The van der Waals surface area contributed by atoms with Crippen molar-refractivity contribution in [2.24, 2.45) is 0 Å². The summed E-state index contributed by atoms with van der Waals surface area (Å²) in [6.45, 7) is 4.96. The molecular weight excluding hydrogens is 320 g/mol. The van der Waals surface area contributed by atoms with E-state index in [-0.39, 0.29) is 12.1 Å². The number of ether oxygens (including phenoxy) is 1. The highest BCUT2D eigenvalue weighted by Gasteiger charge is 2.41. The van der Waals surface area contributed by atoms with E-state index >= 15 is 0 Å². The first-order valence-electron chi connectivity index (χ1n) is 7.39. The second-order valence-corrected chi connectivity index (χ2v) is 6.32. The molecule has 0 aliphatic carbocycles. The molecule has 0 spiro atoms. The van der Waals surface area contributed by atoms with Gasteiger partial charge in [0.15, 0.2) is 5.82 Å². The summed E-state index contributed by atoms with van der Waals surface area (Å²) in [5.41, 5.74) is -0.514. The molecule has 8 nitrogen and oxygen atoms in total. The van der Waals surface area contributed by atoms with E-state index in [0.29, 0.717) is 36.0 Å². The average Bonchev–Trinajstić information content (AvgIpc) is 3.16. The van der Waals surface area contributed by atoms with Crippen LogP contribution in [0.2, 0.25) is 5.02 Å². The van der Waals surface area contributed by atoms with Gasteiger partial charge in [-0.2, -0.15) is 4.98 Å². The molecule has 0 saturated carbocycles. The third-order valence-electron chi connectivity index (χ3n) is 3.95. The molecule has 1 N–H and O–H groups in total. The number of hydrogen-bond acceptors (Lipinski definition) is 7. The Labute approximate surface area is 139 Å². The number of aromatic nitrogens is 5. The molecule has 9 heteroatoms. The Morgan fingerprint density at radius 2 is 2.22 bits per heavy atom. The molecule has 0 bridgehead atoms. The first kappa shape index (κ1) is 15.9. The molecule has 1 unspecified atom stereocenters. The largest absolute Gasteiger partial charge is 0.467 e. The lowest BCUT2D eigenvalue weighted by Gasteiger charge is -2.22. The molecule has 0 radical (unpaired) electrons. The predicted octanol–water partition coefficient (Wildman–Crippen LogP) is 1.41. The van der Waals surface area contributed by atoms with Crippen LogP contribution in [0.1, 0.15) is 32.0 Å². The zero-order valence-corrected chi connectivity index (χ0v) is 14.0. The van der Waals surface area contributed by atoms with Crippen molar-refractivity contribution in [3.05, 3.63) is 23.1 Å². The van der Waals surface area contributed by atoms with Crippen LogP contribution in [0.3, 0.4) is 0 Å². The van der Waals surface area contributed by atoms with E-state index < -0.39 is 5.60 Å². The van der Waals surface area contributed by atoms with Gasteiger partial charge in [0.05, 0.1) is 26.0 Å². The summed E-state index contributed by atoms with van der Waals surface area (Å²) in [4.78, 5) is 10.1. The predicted molar refractivity (Wildman–Crippen MR) is 84.7 cm³/mol. The minimum absolute atomic E-state index is 0.193. The molecule has 1 aliphatic heterocycles. The Morgan fingerprint density at radius 3 is 2.87 bits per heavy atom. The third-order valence-corrected chi connectivity index (χ3v) is 4.22. The molecule has 2 aromatic heterocycles. The monoisotopic (exact) mass is 338 g/mol. The number of anilines is 1. The van der Waals surface area contributed by atoms with Crippen molar-refractivity contribution in [3.63, 3.8) is 0 Å². The van der Waals surface area contributed by atoms with E-state index in [1.165, 1.54) is 13.3 Å². The number of halogens is 1. The summed E-state index contributed by atoms with van der Waals surface area (Å²) in [7, 11) is 1.50. The fourth-order valence-electron chi connectivity index (χ4n) is 2.59. The van der Waals surface area contributed by atoms with Gasteiger partial charge in [0.25, 0.3) is 0 Å². The van der Waals surface area contributed by atoms with E-state index in [9.17, 15) is 5.11 Å². The van der Waals surface area contributed by atoms with Crippen LogP contribution in [-0.2, 0) is 5.60 Å². The lowest BCUT2D eigenvalue weighted by atomic mass is 10.00. The molecule has 124 valence electrons. The molecule has 1 fully saturated rings. The maximum atomic E-state index is 10.9. The van der Waals surface area contributed by atoms with Gasteiger partial charge in [-0.15, -0.1) is 5.10 Å². The number of rotatable bonds is 4. The van der Waals surface area contributed by atoms with Gasteiger partial charge in [-0.05, 0) is 13.8 Å². The Balaban J connectivity index is 1.84.